The Labute approximate surface area is 382 Å². The molecule has 4 heterocycles. The molecule has 2 amide bonds. The second kappa shape index (κ2) is 32.1. The summed E-state index contributed by atoms with van der Waals surface area (Å²) in [4.78, 5) is 49.5. The van der Waals surface area contributed by atoms with Crippen LogP contribution in [0.4, 0.5) is 9.59 Å². The van der Waals surface area contributed by atoms with Gasteiger partial charge in [0.2, 0.25) is 0 Å². The summed E-state index contributed by atoms with van der Waals surface area (Å²) in [6.07, 6.45) is 16.8. The molecule has 4 saturated heterocycles. The third kappa shape index (κ3) is 23.9. The number of aliphatic carboxylic acids is 1. The van der Waals surface area contributed by atoms with E-state index >= 15 is 0 Å². The van der Waals surface area contributed by atoms with Gasteiger partial charge in [-0.2, -0.15) is 5.26 Å². The zero-order valence-electron chi connectivity index (χ0n) is 39.9. The number of nitrogens with zero attached hydrogens (tertiary/aromatic N) is 3. The highest BCUT2D eigenvalue weighted by atomic mass is 16.6. The summed E-state index contributed by atoms with van der Waals surface area (Å²) in [5, 5.41) is 15.7. The Morgan fingerprint density at radius 3 is 1.59 bits per heavy atom. The van der Waals surface area contributed by atoms with Gasteiger partial charge in [-0.05, 0) is 103 Å². The zero-order valence-corrected chi connectivity index (χ0v) is 39.9. The number of ketones is 1. The number of amides is 2. The van der Waals surface area contributed by atoms with Crippen molar-refractivity contribution in [1.82, 2.24) is 9.80 Å². The first-order chi connectivity index (χ1) is 30.3. The molecule has 0 aliphatic carbocycles. The van der Waals surface area contributed by atoms with Crippen molar-refractivity contribution in [3.8, 4) is 6.07 Å². The van der Waals surface area contributed by atoms with Crippen LogP contribution in [-0.4, -0.2) is 134 Å². The topological polar surface area (TPSA) is 200 Å². The maximum atomic E-state index is 12.5. The lowest BCUT2D eigenvalue weighted by atomic mass is 9.81. The van der Waals surface area contributed by atoms with Crippen LogP contribution in [0, 0.1) is 29.1 Å². The van der Waals surface area contributed by atoms with Gasteiger partial charge in [-0.15, -0.1) is 0 Å². The number of nitrogens with two attached hydrogens (primary N) is 1. The van der Waals surface area contributed by atoms with Gasteiger partial charge in [-0.3, -0.25) is 4.79 Å². The second-order valence-corrected chi connectivity index (χ2v) is 16.7. The fourth-order valence-corrected chi connectivity index (χ4v) is 7.05. The van der Waals surface area contributed by atoms with Crippen molar-refractivity contribution >= 4 is 23.9 Å². The average Bonchev–Trinajstić information content (AvgIpc) is 3.27. The number of hydrogen-bond donors (Lipinski definition) is 2. The molecular weight excluding hydrogens is 821 g/mol. The van der Waals surface area contributed by atoms with Crippen molar-refractivity contribution in [3.63, 3.8) is 0 Å². The van der Waals surface area contributed by atoms with E-state index in [1.54, 1.807) is 30.9 Å². The van der Waals surface area contributed by atoms with E-state index in [1.807, 2.05) is 19.1 Å². The second-order valence-electron chi connectivity index (χ2n) is 16.7. The van der Waals surface area contributed by atoms with Crippen LogP contribution in [0.2, 0.25) is 0 Å². The minimum Gasteiger partial charge on any atom is -0.478 e. The predicted molar refractivity (Wildman–Crippen MR) is 248 cm³/mol. The molecule has 4 fully saturated rings. The predicted octanol–water partition coefficient (Wildman–Crippen LogP) is 7.98. The minimum atomic E-state index is -1.06. The van der Waals surface area contributed by atoms with Gasteiger partial charge in [-0.1, -0.05) is 62.5 Å². The summed E-state index contributed by atoms with van der Waals surface area (Å²) in [5.41, 5.74) is 8.33. The lowest BCUT2D eigenvalue weighted by molar-refractivity contribution is -0.131. The van der Waals surface area contributed by atoms with Crippen molar-refractivity contribution < 1.29 is 52.7 Å². The first kappa shape index (κ1) is 57.4. The van der Waals surface area contributed by atoms with Gasteiger partial charge in [0.1, 0.15) is 12.2 Å². The third-order valence-corrected chi connectivity index (χ3v) is 11.3. The molecule has 15 nitrogen and oxygen atoms in total. The number of carboxylic acids is 1. The van der Waals surface area contributed by atoms with Gasteiger partial charge in [0.15, 0.2) is 5.78 Å². The van der Waals surface area contributed by atoms with Crippen LogP contribution in [0.1, 0.15) is 94.4 Å². The number of carboxylic acid groups (broad SMARTS) is 1. The average molecular weight is 899 g/mol. The molecule has 10 atom stereocenters. The lowest BCUT2D eigenvalue weighted by Gasteiger charge is -2.38. The van der Waals surface area contributed by atoms with Crippen molar-refractivity contribution in [2.75, 3.05) is 52.6 Å². The van der Waals surface area contributed by atoms with Gasteiger partial charge in [0.25, 0.3) is 0 Å². The number of allylic oxidation sites excluding steroid dienone is 5. The SMILES string of the molecule is C=C/C(C)=C/C[C@@H]1O[C@H](C)[C@H](CC(=O)/C=C\[C@H](C)OC(=O)N2CCOCC2)C[C@@H]1C.C=C/C(C)=C/C[C@@H]1O[C@H](C)[C@H](N)C[C@@H]1C.CC#N.C[C@@H](/C=C\C(=O)O)OC(=O)N1CCOCC1. The van der Waals surface area contributed by atoms with Gasteiger partial charge < -0.3 is 49.1 Å². The summed E-state index contributed by atoms with van der Waals surface area (Å²) in [6, 6.07) is 1.95. The minimum absolute atomic E-state index is 0.0394. The fourth-order valence-electron chi connectivity index (χ4n) is 7.05. The molecule has 0 aromatic rings. The number of nitriles is 1. The van der Waals surface area contributed by atoms with E-state index in [1.165, 1.54) is 29.5 Å². The highest BCUT2D eigenvalue weighted by Gasteiger charge is 2.34. The summed E-state index contributed by atoms with van der Waals surface area (Å²) >= 11 is 0. The van der Waals surface area contributed by atoms with Gasteiger partial charge >= 0.3 is 18.2 Å². The fraction of sp³-hybridized carbons (Fsp3) is 0.653. The summed E-state index contributed by atoms with van der Waals surface area (Å²) in [7, 11) is 0. The molecule has 360 valence electrons. The molecule has 0 aromatic heterocycles. The molecule has 64 heavy (non-hydrogen) atoms. The van der Waals surface area contributed by atoms with E-state index < -0.39 is 24.3 Å². The van der Waals surface area contributed by atoms with Gasteiger partial charge in [0.05, 0.1) is 56.9 Å². The lowest BCUT2D eigenvalue weighted by Crippen LogP contribution is -2.46. The molecule has 0 saturated carbocycles. The molecule has 3 N–H and O–H groups in total. The molecule has 4 aliphatic rings. The maximum Gasteiger partial charge on any atom is 0.410 e. The van der Waals surface area contributed by atoms with Crippen LogP contribution < -0.4 is 5.73 Å². The van der Waals surface area contributed by atoms with E-state index in [4.69, 9.17) is 44.5 Å². The Balaban J connectivity index is 0.000000507. The van der Waals surface area contributed by atoms with E-state index in [2.05, 4.69) is 59.9 Å². The van der Waals surface area contributed by atoms with Crippen LogP contribution >= 0.6 is 0 Å². The Morgan fingerprint density at radius 2 is 1.17 bits per heavy atom. The Morgan fingerprint density at radius 1 is 0.766 bits per heavy atom. The Hall–Kier alpha value is -4.59. The van der Waals surface area contributed by atoms with Crippen molar-refractivity contribution in [3.05, 3.63) is 72.9 Å². The first-order valence-corrected chi connectivity index (χ1v) is 22.5. The van der Waals surface area contributed by atoms with E-state index in [0.717, 1.165) is 37.3 Å². The molecule has 15 heteroatoms. The van der Waals surface area contributed by atoms with Crippen molar-refractivity contribution in [1.29, 1.82) is 5.26 Å². The highest BCUT2D eigenvalue weighted by molar-refractivity contribution is 5.90. The summed E-state index contributed by atoms with van der Waals surface area (Å²) in [5.74, 6) is 0.117. The van der Waals surface area contributed by atoms with Crippen molar-refractivity contribution in [2.45, 2.75) is 137 Å². The number of morpholine rings is 2. The van der Waals surface area contributed by atoms with Crippen LogP contribution in [0.25, 0.3) is 0 Å². The highest BCUT2D eigenvalue weighted by Crippen LogP contribution is 2.34. The summed E-state index contributed by atoms with van der Waals surface area (Å²) < 4.78 is 32.9. The van der Waals surface area contributed by atoms with E-state index in [0.29, 0.717) is 77.0 Å². The van der Waals surface area contributed by atoms with Crippen LogP contribution in [0.5, 0.6) is 0 Å². The number of rotatable bonds is 14. The quantitative estimate of drug-likeness (QED) is 0.126. The summed E-state index contributed by atoms with van der Waals surface area (Å²) in [6.45, 7) is 29.1. The molecule has 0 radical (unpaired) electrons. The zero-order chi connectivity index (χ0) is 48.2. The van der Waals surface area contributed by atoms with Crippen LogP contribution in [-0.2, 0) is 38.0 Å². The molecule has 4 rings (SSSR count). The molecule has 0 unspecified atom stereocenters. The maximum absolute atomic E-state index is 12.5. The Bertz CT molecular complexity index is 1610. The van der Waals surface area contributed by atoms with Gasteiger partial charge in [-0.25, -0.2) is 14.4 Å². The smallest absolute Gasteiger partial charge is 0.410 e. The van der Waals surface area contributed by atoms with Crippen molar-refractivity contribution in [2.24, 2.45) is 23.5 Å². The molecule has 0 bridgehead atoms. The number of carbonyl (C=O) groups is 4. The number of ether oxygens (including phenoxy) is 6. The van der Waals surface area contributed by atoms with E-state index in [-0.39, 0.29) is 42.1 Å². The first-order valence-electron chi connectivity index (χ1n) is 22.5. The monoisotopic (exact) mass is 899 g/mol. The standard InChI is InChI=1S/C24H37NO5.C13H23NO.C10H15NO5.C2H3N/c1-6-17(2)7-10-23-18(3)15-21(20(5)30-23)16-22(26)9-8-19(4)29-24(27)25-11-13-28-14-12-25;1-5-9(2)6-7-13-10(3)8-12(14)11(4)15-13;1-8(2-3-9(12)13)16-10(14)11-4-6-15-7-5-11;1-2-3/h6-9,18-21,23H,1,10-16H2,2-5H3;5-6,10-13H,1,7-8,14H2,2-4H3;2-3,8H,4-7H2,1H3,(H,12,13);1H3/b9-8-,17-7+;9-6+;3-2-;/t18-,19-,20+,21-,23-;10-,11+,12+,13-;8-;/m000./s1. The molecule has 0 aromatic carbocycles. The van der Waals surface area contributed by atoms with E-state index in [9.17, 15) is 19.2 Å². The van der Waals surface area contributed by atoms with Crippen LogP contribution in [0.3, 0.4) is 0 Å². The molecule has 0 spiro atoms. The van der Waals surface area contributed by atoms with Crippen LogP contribution in [0.15, 0.2) is 72.9 Å². The number of carbonyl (C=O) groups excluding carboxylic acids is 3. The molecular formula is C49H78N4O11. The number of hydrogen-bond acceptors (Lipinski definition) is 12. The third-order valence-electron chi connectivity index (χ3n) is 11.3. The van der Waals surface area contributed by atoms with Gasteiger partial charge in [0, 0.05) is 51.6 Å². The normalized spacial score (nSPS) is 27.1. The largest absolute Gasteiger partial charge is 0.478 e. The molecule has 4 aliphatic heterocycles. The Kier molecular flexibility index (Phi) is 28.8.